The molecule has 0 spiro atoms. The number of carbonyl (C=O) groups excluding carboxylic acids is 2. The number of hydrogen-bond acceptors (Lipinski definition) is 9. The second kappa shape index (κ2) is 13.0. The number of piperidine rings is 1. The maximum absolute atomic E-state index is 13.4. The number of ether oxygens (including phenoxy) is 1. The van der Waals surface area contributed by atoms with Crippen LogP contribution in [0.25, 0.3) is 22.3 Å². The van der Waals surface area contributed by atoms with Crippen molar-refractivity contribution in [1.82, 2.24) is 33.8 Å². The minimum atomic E-state index is -0.817. The number of para-hydroxylation sites is 1. The minimum absolute atomic E-state index is 0.120. The van der Waals surface area contributed by atoms with Gasteiger partial charge in [0, 0.05) is 36.0 Å². The average Bonchev–Trinajstić information content (AvgIpc) is 3.46. The van der Waals surface area contributed by atoms with E-state index in [0.29, 0.717) is 35.8 Å². The maximum atomic E-state index is 13.4. The van der Waals surface area contributed by atoms with Crippen LogP contribution in [-0.4, -0.2) is 64.5 Å². The van der Waals surface area contributed by atoms with Crippen molar-refractivity contribution < 1.29 is 14.3 Å². The Bertz CT molecular complexity index is 2140. The molecule has 0 saturated carbocycles. The van der Waals surface area contributed by atoms with E-state index in [1.165, 1.54) is 6.33 Å². The van der Waals surface area contributed by atoms with Crippen LogP contribution < -0.4 is 22.3 Å². The molecule has 2 aromatic carbocycles. The van der Waals surface area contributed by atoms with Gasteiger partial charge in [-0.15, -0.1) is 0 Å². The van der Waals surface area contributed by atoms with Crippen molar-refractivity contribution in [2.75, 3.05) is 24.1 Å². The van der Waals surface area contributed by atoms with Gasteiger partial charge in [-0.3, -0.25) is 9.59 Å². The number of nitrogens with zero attached hydrogens (tertiary/aromatic N) is 7. The molecular weight excluding hydrogens is 626 g/mol. The second-order valence-electron chi connectivity index (χ2n) is 13.3. The maximum Gasteiger partial charge on any atom is 0.410 e. The second-order valence-corrected chi connectivity index (χ2v) is 13.3. The third kappa shape index (κ3) is 6.66. The quantitative estimate of drug-likeness (QED) is 0.262. The normalized spacial score (nSPS) is 14.0. The van der Waals surface area contributed by atoms with Crippen molar-refractivity contribution >= 4 is 29.0 Å². The molecule has 0 aliphatic carbocycles. The molecule has 14 heteroatoms. The third-order valence-corrected chi connectivity index (χ3v) is 8.35. The number of rotatable bonds is 6. The van der Waals surface area contributed by atoms with Crippen molar-refractivity contribution in [1.29, 1.82) is 0 Å². The standard InChI is InChI=1S/C35H39N9O5/c1-21(2)43-33(47)42(25-9-7-6-8-10-25)32(46)28(40-43)31(45)39-24-13-11-22(12-14-24)26-19-27(44-29(26)30(36)37-20-38-44)23-15-17-41(18-16-23)34(48)49-35(3,4)5/h6-14,19-21,23H,15-18H2,1-5H3,(H,39,45)(H2,36,37,38). The van der Waals surface area contributed by atoms with Gasteiger partial charge >= 0.3 is 11.8 Å². The van der Waals surface area contributed by atoms with Gasteiger partial charge in [0.15, 0.2) is 5.82 Å². The number of aromatic nitrogens is 6. The number of likely N-dealkylation sites (tertiary alicyclic amines) is 1. The number of nitrogen functional groups attached to an aromatic ring is 1. The summed E-state index contributed by atoms with van der Waals surface area (Å²) in [6.45, 7) is 10.2. The molecule has 5 aromatic rings. The molecule has 3 aromatic heterocycles. The topological polar surface area (TPSA) is 172 Å². The molecule has 0 unspecified atom stereocenters. The highest BCUT2D eigenvalue weighted by atomic mass is 16.6. The number of benzene rings is 2. The van der Waals surface area contributed by atoms with Gasteiger partial charge in [-0.05, 0) is 83.4 Å². The lowest BCUT2D eigenvalue weighted by atomic mass is 9.93. The summed E-state index contributed by atoms with van der Waals surface area (Å²) in [4.78, 5) is 58.6. The van der Waals surface area contributed by atoms with Crippen LogP contribution in [0.4, 0.5) is 16.3 Å². The molecule has 2 amide bonds. The van der Waals surface area contributed by atoms with E-state index in [-0.39, 0.29) is 12.0 Å². The molecule has 1 aliphatic heterocycles. The minimum Gasteiger partial charge on any atom is -0.444 e. The monoisotopic (exact) mass is 665 g/mol. The predicted octanol–water partition coefficient (Wildman–Crippen LogP) is 4.63. The highest BCUT2D eigenvalue weighted by molar-refractivity contribution is 6.02. The Hall–Kier alpha value is -5.79. The molecule has 254 valence electrons. The number of nitrogens with one attached hydrogen (secondary N) is 1. The average molecular weight is 666 g/mol. The van der Waals surface area contributed by atoms with Crippen LogP contribution in [0.15, 0.2) is 76.6 Å². The number of hydrogen-bond donors (Lipinski definition) is 2. The summed E-state index contributed by atoms with van der Waals surface area (Å²) in [5, 5.41) is 11.4. The van der Waals surface area contributed by atoms with Gasteiger partial charge < -0.3 is 20.7 Å². The molecule has 6 rings (SSSR count). The smallest absolute Gasteiger partial charge is 0.410 e. The summed E-state index contributed by atoms with van der Waals surface area (Å²) >= 11 is 0. The summed E-state index contributed by atoms with van der Waals surface area (Å²) in [6.07, 6.45) is 2.56. The summed E-state index contributed by atoms with van der Waals surface area (Å²) in [5.41, 5.74) is 7.95. The Balaban J connectivity index is 1.26. The molecule has 4 heterocycles. The van der Waals surface area contributed by atoms with Crippen LogP contribution >= 0.6 is 0 Å². The lowest BCUT2D eigenvalue weighted by Gasteiger charge is -2.33. The predicted molar refractivity (Wildman–Crippen MR) is 185 cm³/mol. The highest BCUT2D eigenvalue weighted by Crippen LogP contribution is 2.37. The van der Waals surface area contributed by atoms with Gasteiger partial charge in [0.1, 0.15) is 17.4 Å². The number of nitrogens with two attached hydrogens (primary N) is 1. The van der Waals surface area contributed by atoms with Crippen molar-refractivity contribution in [3.05, 3.63) is 99.2 Å². The van der Waals surface area contributed by atoms with Crippen LogP contribution in [0.1, 0.15) is 75.6 Å². The van der Waals surface area contributed by atoms with Gasteiger partial charge in [0.25, 0.3) is 11.5 Å². The van der Waals surface area contributed by atoms with E-state index in [9.17, 15) is 19.2 Å². The van der Waals surface area contributed by atoms with Crippen molar-refractivity contribution in [3.63, 3.8) is 0 Å². The van der Waals surface area contributed by atoms with Gasteiger partial charge in [0.2, 0.25) is 5.69 Å². The number of anilines is 2. The highest BCUT2D eigenvalue weighted by Gasteiger charge is 2.30. The Labute approximate surface area is 282 Å². The first kappa shape index (κ1) is 33.1. The van der Waals surface area contributed by atoms with Gasteiger partial charge in [-0.1, -0.05) is 30.3 Å². The van der Waals surface area contributed by atoms with E-state index >= 15 is 0 Å². The summed E-state index contributed by atoms with van der Waals surface area (Å²) in [5.74, 6) is -0.306. The summed E-state index contributed by atoms with van der Waals surface area (Å²) < 4.78 is 9.45. The number of fused-ring (bicyclic) bond motifs is 1. The lowest BCUT2D eigenvalue weighted by molar-refractivity contribution is 0.0203. The van der Waals surface area contributed by atoms with E-state index in [1.54, 1.807) is 61.2 Å². The first-order valence-electron chi connectivity index (χ1n) is 16.2. The first-order chi connectivity index (χ1) is 23.3. The fourth-order valence-corrected chi connectivity index (χ4v) is 5.98. The van der Waals surface area contributed by atoms with E-state index < -0.39 is 34.5 Å². The molecule has 0 bridgehead atoms. The van der Waals surface area contributed by atoms with Crippen molar-refractivity contribution in [2.45, 2.75) is 65.0 Å². The molecule has 1 saturated heterocycles. The van der Waals surface area contributed by atoms with E-state index in [2.05, 4.69) is 20.5 Å². The fourth-order valence-electron chi connectivity index (χ4n) is 5.98. The Morgan fingerprint density at radius 2 is 1.67 bits per heavy atom. The van der Waals surface area contributed by atoms with Crippen LogP contribution in [0.5, 0.6) is 0 Å². The lowest BCUT2D eigenvalue weighted by Crippen LogP contribution is -2.45. The van der Waals surface area contributed by atoms with E-state index in [4.69, 9.17) is 10.5 Å². The molecule has 3 N–H and O–H groups in total. The van der Waals surface area contributed by atoms with Gasteiger partial charge in [-0.2, -0.15) is 10.2 Å². The molecule has 0 atom stereocenters. The van der Waals surface area contributed by atoms with Crippen LogP contribution in [0, 0.1) is 0 Å². The zero-order chi connectivity index (χ0) is 35.0. The first-order valence-corrected chi connectivity index (χ1v) is 16.2. The number of carbonyl (C=O) groups is 2. The largest absolute Gasteiger partial charge is 0.444 e. The summed E-state index contributed by atoms with van der Waals surface area (Å²) in [7, 11) is 0. The molecule has 14 nitrogen and oxygen atoms in total. The molecule has 1 fully saturated rings. The molecular formula is C35H39N9O5. The van der Waals surface area contributed by atoms with Crippen LogP contribution in [0.2, 0.25) is 0 Å². The Morgan fingerprint density at radius 1 is 1.00 bits per heavy atom. The van der Waals surface area contributed by atoms with Crippen molar-refractivity contribution in [3.8, 4) is 16.8 Å². The third-order valence-electron chi connectivity index (χ3n) is 8.35. The number of amides is 2. The molecule has 0 radical (unpaired) electrons. The fraction of sp³-hybridized carbons (Fsp3) is 0.343. The van der Waals surface area contributed by atoms with Gasteiger partial charge in [-0.25, -0.2) is 28.3 Å². The van der Waals surface area contributed by atoms with Crippen LogP contribution in [0.3, 0.4) is 0 Å². The van der Waals surface area contributed by atoms with E-state index in [0.717, 1.165) is 38.9 Å². The van der Waals surface area contributed by atoms with Crippen LogP contribution in [-0.2, 0) is 4.74 Å². The SMILES string of the molecule is CC(C)n1nc(C(=O)Nc2ccc(-c3cc(C4CCN(C(=O)OC(C)(C)C)CC4)n4ncnc(N)c34)cc2)c(=O)n(-c2ccccc2)c1=O. The zero-order valence-electron chi connectivity index (χ0n) is 28.1. The Morgan fingerprint density at radius 3 is 2.31 bits per heavy atom. The van der Waals surface area contributed by atoms with E-state index in [1.807, 2.05) is 43.5 Å². The zero-order valence-corrected chi connectivity index (χ0v) is 28.1. The van der Waals surface area contributed by atoms with Gasteiger partial charge in [0.05, 0.1) is 11.7 Å². The Kier molecular flexibility index (Phi) is 8.80. The van der Waals surface area contributed by atoms with Crippen molar-refractivity contribution in [2.24, 2.45) is 0 Å². The molecule has 49 heavy (non-hydrogen) atoms. The summed E-state index contributed by atoms with van der Waals surface area (Å²) in [6, 6.07) is 17.2. The molecule has 1 aliphatic rings.